The van der Waals surface area contributed by atoms with Gasteiger partial charge < -0.3 is 0 Å². The third-order valence-electron chi connectivity index (χ3n) is 5.03. The van der Waals surface area contributed by atoms with Crippen molar-refractivity contribution in [2.45, 2.75) is 60.3 Å². The third kappa shape index (κ3) is 4.99. The van der Waals surface area contributed by atoms with Gasteiger partial charge in [0.15, 0.2) is 0 Å². The Hall–Kier alpha value is -0.119. The van der Waals surface area contributed by atoms with Crippen molar-refractivity contribution < 1.29 is 21.1 Å². The maximum atomic E-state index is 6.59. The summed E-state index contributed by atoms with van der Waals surface area (Å²) in [6, 6.07) is 0. The zero-order valence-electron chi connectivity index (χ0n) is 16.8. The van der Waals surface area contributed by atoms with Gasteiger partial charge in [0.1, 0.15) is 0 Å². The Bertz CT molecular complexity index is 743. The molecule has 5 heteroatoms. The Morgan fingerprint density at radius 3 is 2.04 bits per heavy atom. The molecule has 1 aliphatic carbocycles. The molecule has 0 heterocycles. The standard InChI is InChI=1S/C13H22OSi.C6H7.CH2.2ClH.Ti/c1-7-8(2)10(13(4,5)6)12(15)11(14)9(7)3;1-6-4-2-3-5-6;;;;/h14H,1-6,15H3;2,4H,3H2,1H3;1H2;2*1H;/q;;;;;+1/p-1. The average molecular weight is 435 g/mol. The SMILES string of the molecule is Cl.Cl.[CH2]=[Ti]([O]c1c(C)c(C)c(C)c(C(C)(C)C)c1[SiH3])[C]1=C(C)C=CC1. The van der Waals surface area contributed by atoms with E-state index >= 15 is 0 Å². The van der Waals surface area contributed by atoms with Gasteiger partial charge >= 0.3 is 151 Å². The van der Waals surface area contributed by atoms with Crippen LogP contribution in [-0.2, 0) is 23.2 Å². The summed E-state index contributed by atoms with van der Waals surface area (Å²) in [5, 5.41) is 1.44. The molecule has 2 rings (SSSR count). The molecule has 1 aromatic rings. The molecule has 1 nitrogen and oxygen atoms in total. The summed E-state index contributed by atoms with van der Waals surface area (Å²) >= 11 is -1.92. The molecule has 0 saturated heterocycles. The molecule has 0 aliphatic heterocycles. The summed E-state index contributed by atoms with van der Waals surface area (Å²) in [5.74, 6) is 1.15. The maximum absolute atomic E-state index is 6.59. The topological polar surface area (TPSA) is 9.23 Å². The van der Waals surface area contributed by atoms with E-state index in [9.17, 15) is 0 Å². The Labute approximate surface area is 175 Å². The number of benzene rings is 1. The van der Waals surface area contributed by atoms with Gasteiger partial charge in [-0.05, 0) is 0 Å². The van der Waals surface area contributed by atoms with Gasteiger partial charge in [0.25, 0.3) is 0 Å². The summed E-state index contributed by atoms with van der Waals surface area (Å²) < 4.78 is 8.07. The van der Waals surface area contributed by atoms with Gasteiger partial charge in [-0.25, -0.2) is 0 Å². The van der Waals surface area contributed by atoms with E-state index in [1.807, 2.05) is 0 Å². The molecule has 0 spiro atoms. The number of halogens is 2. The van der Waals surface area contributed by atoms with E-state index in [0.29, 0.717) is 0 Å². The molecular formula is C20H32Cl2OSiTi. The molecule has 0 aromatic heterocycles. The first-order valence-electron chi connectivity index (χ1n) is 8.40. The van der Waals surface area contributed by atoms with Crippen molar-refractivity contribution in [1.82, 2.24) is 0 Å². The van der Waals surface area contributed by atoms with E-state index in [4.69, 9.17) is 3.32 Å². The van der Waals surface area contributed by atoms with Gasteiger partial charge in [0.2, 0.25) is 0 Å². The Morgan fingerprint density at radius 1 is 1.04 bits per heavy atom. The zero-order valence-corrected chi connectivity index (χ0v) is 22.0. The molecule has 0 atom stereocenters. The van der Waals surface area contributed by atoms with Crippen molar-refractivity contribution in [3.05, 3.63) is 43.9 Å². The van der Waals surface area contributed by atoms with Gasteiger partial charge in [-0.3, -0.25) is 0 Å². The first-order chi connectivity index (χ1) is 10.6. The van der Waals surface area contributed by atoms with Crippen molar-refractivity contribution in [3.8, 4) is 5.75 Å². The minimum absolute atomic E-state index is 0. The first-order valence-corrected chi connectivity index (χ1v) is 11.9. The quantitative estimate of drug-likeness (QED) is 0.643. The number of rotatable bonds is 3. The van der Waals surface area contributed by atoms with Crippen LogP contribution in [0.1, 0.15) is 56.4 Å². The van der Waals surface area contributed by atoms with Crippen LogP contribution in [-0.4, -0.2) is 15.1 Å². The molecule has 0 fully saturated rings. The summed E-state index contributed by atoms with van der Waals surface area (Å²) in [6.45, 7) is 15.8. The van der Waals surface area contributed by atoms with E-state index in [1.54, 1.807) is 0 Å². The monoisotopic (exact) mass is 434 g/mol. The molecule has 1 aliphatic rings. The number of hydrogen-bond acceptors (Lipinski definition) is 1. The molecule has 1 aromatic carbocycles. The zero-order chi connectivity index (χ0) is 17.5. The summed E-state index contributed by atoms with van der Waals surface area (Å²) in [7, 11) is 1.01. The molecule has 0 amide bonds. The first kappa shape index (κ1) is 24.9. The van der Waals surface area contributed by atoms with E-state index in [1.165, 1.54) is 36.9 Å². The van der Waals surface area contributed by atoms with Gasteiger partial charge in [-0.1, -0.05) is 0 Å². The fraction of sp³-hybridized carbons (Fsp3) is 0.450. The van der Waals surface area contributed by atoms with Crippen LogP contribution in [0.15, 0.2) is 21.6 Å². The molecular weight excluding hydrogens is 403 g/mol. The van der Waals surface area contributed by atoms with E-state index in [2.05, 4.69) is 65.4 Å². The van der Waals surface area contributed by atoms with Crippen LogP contribution in [0.2, 0.25) is 0 Å². The van der Waals surface area contributed by atoms with Crippen molar-refractivity contribution >= 4 is 45.1 Å². The van der Waals surface area contributed by atoms with Gasteiger partial charge in [-0.2, -0.15) is 0 Å². The Balaban J connectivity index is 0.00000288. The summed E-state index contributed by atoms with van der Waals surface area (Å²) in [4.78, 5) is 4.45. The van der Waals surface area contributed by atoms with Crippen molar-refractivity contribution in [1.29, 1.82) is 0 Å². The third-order valence-corrected chi connectivity index (χ3v) is 8.68. The van der Waals surface area contributed by atoms with Crippen LogP contribution in [0.25, 0.3) is 0 Å². The molecule has 0 N–H and O–H groups in total. The number of hydrogen-bond donors (Lipinski definition) is 0. The number of allylic oxidation sites excluding steroid dienone is 4. The second-order valence-corrected chi connectivity index (χ2v) is 11.3. The summed E-state index contributed by atoms with van der Waals surface area (Å²) in [5.41, 5.74) is 7.16. The second-order valence-electron chi connectivity index (χ2n) is 7.75. The van der Waals surface area contributed by atoms with E-state index in [0.717, 1.165) is 22.4 Å². The van der Waals surface area contributed by atoms with Crippen molar-refractivity contribution in [2.24, 2.45) is 0 Å². The minimum atomic E-state index is -1.92. The Kier molecular flexibility index (Phi) is 9.15. The average Bonchev–Trinajstić information content (AvgIpc) is 2.86. The fourth-order valence-corrected chi connectivity index (χ4v) is 8.06. The molecule has 140 valence electrons. The molecule has 0 saturated carbocycles. The van der Waals surface area contributed by atoms with E-state index < -0.39 is 17.8 Å². The molecule has 0 bridgehead atoms. The predicted octanol–water partition coefficient (Wildman–Crippen LogP) is 4.32. The fourth-order valence-electron chi connectivity index (χ4n) is 3.73. The summed E-state index contributed by atoms with van der Waals surface area (Å²) in [6.07, 6.45) is 5.49. The van der Waals surface area contributed by atoms with Gasteiger partial charge in [0, 0.05) is 0 Å². The van der Waals surface area contributed by atoms with Crippen LogP contribution in [0, 0.1) is 20.8 Å². The second kappa shape index (κ2) is 9.19. The van der Waals surface area contributed by atoms with Gasteiger partial charge in [-0.15, -0.1) is 24.8 Å². The van der Waals surface area contributed by atoms with Crippen molar-refractivity contribution in [2.75, 3.05) is 0 Å². The van der Waals surface area contributed by atoms with E-state index in [-0.39, 0.29) is 30.2 Å². The van der Waals surface area contributed by atoms with Crippen LogP contribution in [0.3, 0.4) is 0 Å². The van der Waals surface area contributed by atoms with Crippen LogP contribution >= 0.6 is 24.8 Å². The van der Waals surface area contributed by atoms with Gasteiger partial charge in [0.05, 0.1) is 0 Å². The molecule has 0 radical (unpaired) electrons. The van der Waals surface area contributed by atoms with Crippen LogP contribution in [0.4, 0.5) is 0 Å². The van der Waals surface area contributed by atoms with Crippen LogP contribution in [0.5, 0.6) is 5.75 Å². The Morgan fingerprint density at radius 2 is 1.60 bits per heavy atom. The normalized spacial score (nSPS) is 13.6. The molecule has 25 heavy (non-hydrogen) atoms. The molecule has 0 unspecified atom stereocenters. The predicted molar refractivity (Wildman–Crippen MR) is 118 cm³/mol. The van der Waals surface area contributed by atoms with Crippen molar-refractivity contribution in [3.63, 3.8) is 0 Å². The van der Waals surface area contributed by atoms with Crippen LogP contribution < -0.4 is 8.51 Å².